The van der Waals surface area contributed by atoms with E-state index in [0.29, 0.717) is 37.0 Å². The Morgan fingerprint density at radius 2 is 1.92 bits per heavy atom. The number of amides is 1. The maximum atomic E-state index is 12.7. The minimum Gasteiger partial charge on any atom is -0.485 e. The van der Waals surface area contributed by atoms with E-state index in [1.165, 1.54) is 5.56 Å². The summed E-state index contributed by atoms with van der Waals surface area (Å²) >= 11 is 0. The highest BCUT2D eigenvalue weighted by Gasteiger charge is 2.45. The molecule has 0 aliphatic carbocycles. The van der Waals surface area contributed by atoms with Crippen LogP contribution in [-0.2, 0) is 6.42 Å². The van der Waals surface area contributed by atoms with Crippen LogP contribution in [0.15, 0.2) is 41.1 Å². The predicted octanol–water partition coefficient (Wildman–Crippen LogP) is 4.07. The van der Waals surface area contributed by atoms with Gasteiger partial charge in [0.1, 0.15) is 11.4 Å². The van der Waals surface area contributed by atoms with Gasteiger partial charge in [0.05, 0.1) is 18.0 Å². The topological polar surface area (TPSA) is 105 Å². The first-order chi connectivity index (χ1) is 18.3. The molecular formula is C29H35N5O4. The molecule has 1 amide bonds. The van der Waals surface area contributed by atoms with Crippen molar-refractivity contribution in [2.75, 3.05) is 31.1 Å². The molecule has 38 heavy (non-hydrogen) atoms. The third-order valence-corrected chi connectivity index (χ3v) is 8.39. The van der Waals surface area contributed by atoms with Crippen molar-refractivity contribution in [3.8, 4) is 17.0 Å². The first kappa shape index (κ1) is 24.9. The number of carbonyl (C=O) groups excluding carboxylic acids is 1. The van der Waals surface area contributed by atoms with Crippen LogP contribution in [0.2, 0.25) is 0 Å². The number of hydrogen-bond acceptors (Lipinski definition) is 8. The summed E-state index contributed by atoms with van der Waals surface area (Å²) in [5, 5.41) is 13.8. The highest BCUT2D eigenvalue weighted by molar-refractivity contribution is 5.94. The van der Waals surface area contributed by atoms with Crippen LogP contribution >= 0.6 is 0 Å². The molecule has 5 heterocycles. The van der Waals surface area contributed by atoms with E-state index >= 15 is 0 Å². The van der Waals surface area contributed by atoms with Gasteiger partial charge in [-0.1, -0.05) is 38.1 Å². The fraction of sp³-hybridized carbons (Fsp3) is 0.517. The number of anilines is 1. The zero-order valence-electron chi connectivity index (χ0n) is 22.3. The second kappa shape index (κ2) is 9.69. The number of pyridine rings is 1. The van der Waals surface area contributed by atoms with Crippen LogP contribution in [0.5, 0.6) is 5.75 Å². The molecule has 9 heteroatoms. The van der Waals surface area contributed by atoms with Crippen LogP contribution in [0.25, 0.3) is 11.3 Å². The Morgan fingerprint density at radius 3 is 2.58 bits per heavy atom. The molecule has 2 atom stereocenters. The second-order valence-electron chi connectivity index (χ2n) is 11.3. The number of benzene rings is 1. The lowest BCUT2D eigenvalue weighted by atomic mass is 9.75. The van der Waals surface area contributed by atoms with Crippen molar-refractivity contribution in [3.05, 3.63) is 53.5 Å². The Bertz CT molecular complexity index is 1310. The van der Waals surface area contributed by atoms with Crippen molar-refractivity contribution in [1.82, 2.24) is 20.0 Å². The third-order valence-electron chi connectivity index (χ3n) is 8.39. The summed E-state index contributed by atoms with van der Waals surface area (Å²) in [6, 6.07) is 10.3. The molecule has 6 rings (SSSR count). The second-order valence-corrected chi connectivity index (χ2v) is 11.3. The molecule has 2 saturated heterocycles. The van der Waals surface area contributed by atoms with Gasteiger partial charge in [0, 0.05) is 62.0 Å². The molecule has 1 aromatic carbocycles. The van der Waals surface area contributed by atoms with Crippen LogP contribution < -0.4 is 9.64 Å². The van der Waals surface area contributed by atoms with Gasteiger partial charge in [-0.2, -0.15) is 4.98 Å². The molecule has 200 valence electrons. The maximum absolute atomic E-state index is 12.7. The number of fused-ring (bicyclic) bond motifs is 1. The number of β-amino-alcohol motifs (C(OH)–C–C–N with tert-alkyl or cyclic N) is 1. The Kier molecular flexibility index (Phi) is 6.34. The third kappa shape index (κ3) is 4.53. The zero-order valence-corrected chi connectivity index (χ0v) is 22.3. The predicted molar refractivity (Wildman–Crippen MR) is 142 cm³/mol. The molecule has 0 bridgehead atoms. The first-order valence-corrected chi connectivity index (χ1v) is 13.7. The van der Waals surface area contributed by atoms with E-state index in [1.807, 2.05) is 30.5 Å². The Labute approximate surface area is 222 Å². The summed E-state index contributed by atoms with van der Waals surface area (Å²) in [5.41, 5.74) is 3.41. The molecule has 3 aliphatic heterocycles. The summed E-state index contributed by atoms with van der Waals surface area (Å²) in [7, 11) is 0. The first-order valence-electron chi connectivity index (χ1n) is 13.7. The molecule has 0 radical (unpaired) electrons. The number of piperidine rings is 1. The minimum atomic E-state index is -0.419. The number of carbonyl (C=O) groups is 1. The quantitative estimate of drug-likeness (QED) is 0.552. The molecule has 1 unspecified atom stereocenters. The van der Waals surface area contributed by atoms with E-state index in [2.05, 4.69) is 41.9 Å². The summed E-state index contributed by atoms with van der Waals surface area (Å²) in [6.07, 6.45) is 4.77. The largest absolute Gasteiger partial charge is 0.485 e. The van der Waals surface area contributed by atoms with Crippen molar-refractivity contribution >= 4 is 11.9 Å². The van der Waals surface area contributed by atoms with Crippen LogP contribution in [-0.4, -0.2) is 68.9 Å². The fourth-order valence-corrected chi connectivity index (χ4v) is 5.88. The van der Waals surface area contributed by atoms with Crippen LogP contribution in [0.3, 0.4) is 0 Å². The average Bonchev–Trinajstić information content (AvgIpc) is 3.59. The summed E-state index contributed by atoms with van der Waals surface area (Å²) in [4.78, 5) is 25.9. The van der Waals surface area contributed by atoms with E-state index < -0.39 is 6.10 Å². The molecule has 2 fully saturated rings. The average molecular weight is 518 g/mol. The summed E-state index contributed by atoms with van der Waals surface area (Å²) < 4.78 is 12.2. The van der Waals surface area contributed by atoms with Crippen molar-refractivity contribution in [2.24, 2.45) is 5.92 Å². The van der Waals surface area contributed by atoms with Crippen molar-refractivity contribution in [1.29, 1.82) is 0 Å². The van der Waals surface area contributed by atoms with E-state index in [0.717, 1.165) is 55.2 Å². The van der Waals surface area contributed by atoms with Crippen LogP contribution in [0.1, 0.15) is 67.7 Å². The number of likely N-dealkylation sites (tertiary alicyclic amines) is 1. The SMILES string of the molecule is CC(C)c1noc(N2CCC3(CC2)Oc2cnc(-c4ccc(C(=O)N5CC[C@H](O)C5)cc4)cc2CC3C)n1. The van der Waals surface area contributed by atoms with Crippen molar-refractivity contribution < 1.29 is 19.2 Å². The lowest BCUT2D eigenvalue weighted by Gasteiger charge is -2.47. The maximum Gasteiger partial charge on any atom is 0.324 e. The van der Waals surface area contributed by atoms with Crippen LogP contribution in [0, 0.1) is 5.92 Å². The molecule has 0 saturated carbocycles. The minimum absolute atomic E-state index is 0.0375. The van der Waals surface area contributed by atoms with Crippen molar-refractivity contribution in [2.45, 2.75) is 64.1 Å². The van der Waals surface area contributed by atoms with Gasteiger partial charge in [-0.05, 0) is 36.6 Å². The van der Waals surface area contributed by atoms with E-state index in [1.54, 1.807) is 4.90 Å². The number of aliphatic hydroxyl groups excluding tert-OH is 1. The summed E-state index contributed by atoms with van der Waals surface area (Å²) in [6.45, 7) is 9.03. The number of rotatable bonds is 4. The van der Waals surface area contributed by atoms with Crippen LogP contribution in [0.4, 0.5) is 6.01 Å². The van der Waals surface area contributed by atoms with Gasteiger partial charge in [-0.25, -0.2) is 0 Å². The standard InChI is InChI=1S/C29H35N5O4/c1-18(2)26-31-28(38-32-26)33-12-9-29(10-13-33)19(3)14-22-15-24(30-16-25(22)37-29)20-4-6-21(7-5-20)27(36)34-11-8-23(35)17-34/h4-7,15-16,18-19,23,35H,8-14,17H2,1-3H3/t19?,23-/m0/s1. The monoisotopic (exact) mass is 517 g/mol. The van der Waals surface area contributed by atoms with E-state index in [9.17, 15) is 9.90 Å². The highest BCUT2D eigenvalue weighted by Crippen LogP contribution is 2.44. The van der Waals surface area contributed by atoms with Crippen molar-refractivity contribution in [3.63, 3.8) is 0 Å². The number of hydrogen-bond donors (Lipinski definition) is 1. The van der Waals surface area contributed by atoms with Gasteiger partial charge in [-0.3, -0.25) is 9.78 Å². The molecule has 3 aromatic rings. The molecular weight excluding hydrogens is 482 g/mol. The molecule has 2 aromatic heterocycles. The Hall–Kier alpha value is -3.46. The van der Waals surface area contributed by atoms with Gasteiger partial charge in [-0.15, -0.1) is 0 Å². The van der Waals surface area contributed by atoms with Gasteiger partial charge in [0.2, 0.25) is 0 Å². The number of aromatic nitrogens is 3. The normalized spacial score (nSPS) is 22.6. The lowest BCUT2D eigenvalue weighted by molar-refractivity contribution is -0.0218. The molecule has 1 N–H and O–H groups in total. The number of ether oxygens (including phenoxy) is 1. The van der Waals surface area contributed by atoms with Gasteiger partial charge in [0.25, 0.3) is 5.91 Å². The van der Waals surface area contributed by atoms with E-state index in [-0.39, 0.29) is 17.4 Å². The lowest BCUT2D eigenvalue weighted by Crippen LogP contribution is -2.54. The number of aliphatic hydroxyl groups is 1. The Balaban J connectivity index is 1.14. The zero-order chi connectivity index (χ0) is 26.4. The highest BCUT2D eigenvalue weighted by atomic mass is 16.5. The fourth-order valence-electron chi connectivity index (χ4n) is 5.88. The number of nitrogens with zero attached hydrogens (tertiary/aromatic N) is 5. The van der Waals surface area contributed by atoms with Gasteiger partial charge >= 0.3 is 6.01 Å². The molecule has 3 aliphatic rings. The van der Waals surface area contributed by atoms with Gasteiger partial charge < -0.3 is 24.2 Å². The van der Waals surface area contributed by atoms with E-state index in [4.69, 9.17) is 14.2 Å². The molecule has 1 spiro atoms. The van der Waals surface area contributed by atoms with Gasteiger partial charge in [0.15, 0.2) is 5.82 Å². The Morgan fingerprint density at radius 1 is 1.16 bits per heavy atom. The molecule has 9 nitrogen and oxygen atoms in total. The smallest absolute Gasteiger partial charge is 0.324 e. The summed E-state index contributed by atoms with van der Waals surface area (Å²) in [5.74, 6) is 2.16.